The Morgan fingerprint density at radius 3 is 2.96 bits per heavy atom. The Labute approximate surface area is 140 Å². The van der Waals surface area contributed by atoms with Gasteiger partial charge in [0, 0.05) is 16.3 Å². The number of rotatable bonds is 4. The van der Waals surface area contributed by atoms with Crippen LogP contribution < -0.4 is 5.32 Å². The minimum atomic E-state index is -1.35. The normalized spacial score (nSPS) is 15.9. The summed E-state index contributed by atoms with van der Waals surface area (Å²) in [6, 6.07) is 6.76. The number of anilines is 1. The molecule has 24 heavy (non-hydrogen) atoms. The number of nitrogens with zero attached hydrogens (tertiary/aromatic N) is 1. The first-order chi connectivity index (χ1) is 11.5. The van der Waals surface area contributed by atoms with Gasteiger partial charge in [-0.15, -0.1) is 11.3 Å². The van der Waals surface area contributed by atoms with Crippen LogP contribution >= 0.6 is 11.3 Å². The number of carbonyl (C=O) groups is 1. The number of halogens is 1. The topological polar surface area (TPSA) is 78.0 Å². The first kappa shape index (κ1) is 15.0. The first-order valence-corrected chi connectivity index (χ1v) is 8.36. The predicted octanol–water partition coefficient (Wildman–Crippen LogP) is 3.40. The van der Waals surface area contributed by atoms with E-state index in [0.29, 0.717) is 29.4 Å². The number of amides is 1. The molecule has 2 heterocycles. The number of H-pyrrole nitrogens is 1. The molecule has 1 aromatic carbocycles. The van der Waals surface area contributed by atoms with Crippen molar-refractivity contribution in [2.75, 3.05) is 5.32 Å². The monoisotopic (exact) mass is 343 g/mol. The van der Waals surface area contributed by atoms with Gasteiger partial charge in [-0.2, -0.15) is 5.10 Å². The standard InChI is InChI=1S/C17H14FN3O2S/c18-12-9-14-11(8-15(12)19-16(22)17(23)5-6-17)13(20-21-14)4-3-10-2-1-7-24-10/h1-4,7-9,23H,5-6H2,(H,19,22)(H,20,21). The van der Waals surface area contributed by atoms with Crippen LogP contribution in [0, 0.1) is 5.82 Å². The molecule has 1 aliphatic carbocycles. The van der Waals surface area contributed by atoms with E-state index in [9.17, 15) is 14.3 Å². The van der Waals surface area contributed by atoms with Crippen LogP contribution in [0.25, 0.3) is 23.1 Å². The van der Waals surface area contributed by atoms with E-state index in [1.165, 1.54) is 12.1 Å². The van der Waals surface area contributed by atoms with Gasteiger partial charge < -0.3 is 10.4 Å². The van der Waals surface area contributed by atoms with Crippen LogP contribution in [0.2, 0.25) is 0 Å². The largest absolute Gasteiger partial charge is 0.380 e. The van der Waals surface area contributed by atoms with Gasteiger partial charge in [-0.05, 0) is 42.5 Å². The second-order valence-electron chi connectivity index (χ2n) is 5.82. The van der Waals surface area contributed by atoms with Crippen LogP contribution in [0.4, 0.5) is 10.1 Å². The summed E-state index contributed by atoms with van der Waals surface area (Å²) >= 11 is 1.60. The van der Waals surface area contributed by atoms with Crippen molar-refractivity contribution in [2.45, 2.75) is 18.4 Å². The molecule has 0 spiro atoms. The van der Waals surface area contributed by atoms with E-state index in [4.69, 9.17) is 0 Å². The maximum atomic E-state index is 14.1. The van der Waals surface area contributed by atoms with E-state index < -0.39 is 17.3 Å². The summed E-state index contributed by atoms with van der Waals surface area (Å²) in [7, 11) is 0. The Kier molecular flexibility index (Phi) is 3.47. The van der Waals surface area contributed by atoms with Crippen molar-refractivity contribution in [1.82, 2.24) is 10.2 Å². The summed E-state index contributed by atoms with van der Waals surface area (Å²) < 4.78 is 14.1. The van der Waals surface area contributed by atoms with E-state index in [-0.39, 0.29) is 5.69 Å². The van der Waals surface area contributed by atoms with Gasteiger partial charge in [-0.1, -0.05) is 6.07 Å². The molecule has 3 N–H and O–H groups in total. The summed E-state index contributed by atoms with van der Waals surface area (Å²) in [5.74, 6) is -1.14. The maximum absolute atomic E-state index is 14.1. The number of benzene rings is 1. The number of nitrogens with one attached hydrogen (secondary N) is 2. The zero-order chi connectivity index (χ0) is 16.7. The highest BCUT2D eigenvalue weighted by Gasteiger charge is 2.48. The average Bonchev–Trinajstić information content (AvgIpc) is 2.98. The van der Waals surface area contributed by atoms with Gasteiger partial charge in [0.15, 0.2) is 0 Å². The molecule has 1 amide bonds. The maximum Gasteiger partial charge on any atom is 0.256 e. The smallest absolute Gasteiger partial charge is 0.256 e. The van der Waals surface area contributed by atoms with Crippen LogP contribution in [-0.4, -0.2) is 26.8 Å². The second kappa shape index (κ2) is 5.54. The van der Waals surface area contributed by atoms with E-state index >= 15 is 0 Å². The van der Waals surface area contributed by atoms with E-state index in [1.54, 1.807) is 11.3 Å². The molecule has 122 valence electrons. The van der Waals surface area contributed by atoms with E-state index in [0.717, 1.165) is 4.88 Å². The number of aromatic nitrogens is 2. The lowest BCUT2D eigenvalue weighted by Crippen LogP contribution is -2.29. The zero-order valence-corrected chi connectivity index (χ0v) is 13.4. The molecule has 0 saturated heterocycles. The number of carbonyl (C=O) groups excluding carboxylic acids is 1. The summed E-state index contributed by atoms with van der Waals surface area (Å²) in [4.78, 5) is 13.0. The molecule has 1 aliphatic rings. The van der Waals surface area contributed by atoms with E-state index in [2.05, 4.69) is 15.5 Å². The number of hydrogen-bond acceptors (Lipinski definition) is 4. The van der Waals surface area contributed by atoms with Gasteiger partial charge >= 0.3 is 0 Å². The Morgan fingerprint density at radius 1 is 1.42 bits per heavy atom. The predicted molar refractivity (Wildman–Crippen MR) is 92.1 cm³/mol. The van der Waals surface area contributed by atoms with Crippen molar-refractivity contribution >= 4 is 46.0 Å². The van der Waals surface area contributed by atoms with Crippen LogP contribution in [-0.2, 0) is 4.79 Å². The van der Waals surface area contributed by atoms with Gasteiger partial charge in [-0.3, -0.25) is 9.89 Å². The Hall–Kier alpha value is -2.51. The molecule has 4 rings (SSSR count). The number of hydrogen-bond donors (Lipinski definition) is 3. The molecule has 5 nitrogen and oxygen atoms in total. The van der Waals surface area contributed by atoms with Crippen LogP contribution in [0.1, 0.15) is 23.4 Å². The van der Waals surface area contributed by atoms with Gasteiger partial charge in [0.05, 0.1) is 16.9 Å². The fourth-order valence-corrected chi connectivity index (χ4v) is 3.03. The minimum absolute atomic E-state index is 0.0417. The quantitative estimate of drug-likeness (QED) is 0.679. The zero-order valence-electron chi connectivity index (χ0n) is 12.5. The molecule has 3 aromatic rings. The lowest BCUT2D eigenvalue weighted by Gasteiger charge is -2.10. The number of aromatic amines is 1. The van der Waals surface area contributed by atoms with Crippen molar-refractivity contribution < 1.29 is 14.3 Å². The van der Waals surface area contributed by atoms with Crippen molar-refractivity contribution in [2.24, 2.45) is 0 Å². The Morgan fingerprint density at radius 2 is 2.25 bits per heavy atom. The Bertz CT molecular complexity index is 942. The van der Waals surface area contributed by atoms with Crippen molar-refractivity contribution in [3.63, 3.8) is 0 Å². The summed E-state index contributed by atoms with van der Waals surface area (Å²) in [5, 5.41) is 21.9. The minimum Gasteiger partial charge on any atom is -0.380 e. The molecule has 0 unspecified atom stereocenters. The fraction of sp³-hybridized carbons (Fsp3) is 0.176. The molecular weight excluding hydrogens is 329 g/mol. The molecule has 7 heteroatoms. The lowest BCUT2D eigenvalue weighted by atomic mass is 10.1. The highest BCUT2D eigenvalue weighted by atomic mass is 32.1. The van der Waals surface area contributed by atoms with Crippen molar-refractivity contribution in [3.8, 4) is 0 Å². The lowest BCUT2D eigenvalue weighted by molar-refractivity contribution is -0.125. The molecular formula is C17H14FN3O2S. The van der Waals surface area contributed by atoms with Crippen molar-refractivity contribution in [3.05, 3.63) is 46.0 Å². The summed E-state index contributed by atoms with van der Waals surface area (Å²) in [5.41, 5.74) is -0.111. The third-order valence-electron chi connectivity index (χ3n) is 4.02. The highest BCUT2D eigenvalue weighted by molar-refractivity contribution is 7.10. The van der Waals surface area contributed by atoms with Crippen LogP contribution in [0.3, 0.4) is 0 Å². The molecule has 0 bridgehead atoms. The molecule has 2 aromatic heterocycles. The second-order valence-corrected chi connectivity index (χ2v) is 6.80. The molecule has 1 fully saturated rings. The van der Waals surface area contributed by atoms with Crippen LogP contribution in [0.5, 0.6) is 0 Å². The SMILES string of the molecule is O=C(Nc1cc2c(C=Cc3cccs3)n[nH]c2cc1F)C1(O)CC1. The first-order valence-electron chi connectivity index (χ1n) is 7.48. The van der Waals surface area contributed by atoms with Crippen LogP contribution in [0.15, 0.2) is 29.6 Å². The molecule has 0 aliphatic heterocycles. The fourth-order valence-electron chi connectivity index (χ4n) is 2.41. The molecule has 0 radical (unpaired) electrons. The third-order valence-corrected chi connectivity index (χ3v) is 4.86. The highest BCUT2D eigenvalue weighted by Crippen LogP contribution is 2.36. The van der Waals surface area contributed by atoms with E-state index in [1.807, 2.05) is 29.7 Å². The average molecular weight is 343 g/mol. The number of fused-ring (bicyclic) bond motifs is 1. The summed E-state index contributed by atoms with van der Waals surface area (Å²) in [6.07, 6.45) is 4.57. The molecule has 0 atom stereocenters. The summed E-state index contributed by atoms with van der Waals surface area (Å²) in [6.45, 7) is 0. The van der Waals surface area contributed by atoms with Crippen molar-refractivity contribution in [1.29, 1.82) is 0 Å². The molecule has 1 saturated carbocycles. The Balaban J connectivity index is 1.67. The van der Waals surface area contributed by atoms with Gasteiger partial charge in [0.2, 0.25) is 0 Å². The third kappa shape index (κ3) is 2.72. The number of aliphatic hydroxyl groups is 1. The van der Waals surface area contributed by atoms with Gasteiger partial charge in [-0.25, -0.2) is 4.39 Å². The van der Waals surface area contributed by atoms with Gasteiger partial charge in [0.1, 0.15) is 11.4 Å². The number of thiophene rings is 1. The van der Waals surface area contributed by atoms with Gasteiger partial charge in [0.25, 0.3) is 5.91 Å².